The van der Waals surface area contributed by atoms with Gasteiger partial charge in [-0.3, -0.25) is 5.43 Å². The number of nitrogens with zero attached hydrogens (tertiary/aromatic N) is 4. The molecule has 0 unspecified atom stereocenters. The minimum absolute atomic E-state index is 0.257. The molecule has 0 bridgehead atoms. The Morgan fingerprint density at radius 3 is 2.55 bits per heavy atom. The Labute approximate surface area is 125 Å². The van der Waals surface area contributed by atoms with Gasteiger partial charge in [0.05, 0.1) is 11.3 Å². The SMILES string of the molecule is N#CC(C#N)=NNc1ccccc1-c1nc2ccccc2o1. The van der Waals surface area contributed by atoms with Gasteiger partial charge in [-0.25, -0.2) is 4.98 Å². The summed E-state index contributed by atoms with van der Waals surface area (Å²) in [5.74, 6) is 0.440. The lowest BCUT2D eigenvalue weighted by molar-refractivity contribution is 0.620. The van der Waals surface area contributed by atoms with E-state index in [1.165, 1.54) is 0 Å². The molecular weight excluding hydrogens is 278 g/mol. The molecule has 0 amide bonds. The van der Waals surface area contributed by atoms with Gasteiger partial charge >= 0.3 is 0 Å². The summed E-state index contributed by atoms with van der Waals surface area (Å²) < 4.78 is 5.72. The van der Waals surface area contributed by atoms with E-state index < -0.39 is 0 Å². The van der Waals surface area contributed by atoms with Crippen LogP contribution in [0.1, 0.15) is 0 Å². The Kier molecular flexibility index (Phi) is 3.51. The number of oxazole rings is 1. The first-order valence-corrected chi connectivity index (χ1v) is 6.40. The van der Waals surface area contributed by atoms with E-state index in [4.69, 9.17) is 14.9 Å². The number of nitriles is 2. The molecule has 0 aliphatic rings. The third kappa shape index (κ3) is 2.49. The molecular formula is C16H9N5O. The Bertz CT molecular complexity index is 894. The van der Waals surface area contributed by atoms with Crippen LogP contribution >= 0.6 is 0 Å². The minimum atomic E-state index is -0.257. The van der Waals surface area contributed by atoms with Crippen LogP contribution in [0.5, 0.6) is 0 Å². The third-order valence-corrected chi connectivity index (χ3v) is 2.95. The summed E-state index contributed by atoms with van der Waals surface area (Å²) >= 11 is 0. The van der Waals surface area contributed by atoms with Crippen LogP contribution in [-0.4, -0.2) is 10.7 Å². The zero-order valence-corrected chi connectivity index (χ0v) is 11.3. The first-order chi connectivity index (χ1) is 10.8. The summed E-state index contributed by atoms with van der Waals surface area (Å²) in [6, 6.07) is 18.1. The maximum absolute atomic E-state index is 8.71. The third-order valence-electron chi connectivity index (χ3n) is 2.95. The number of hydrazone groups is 1. The van der Waals surface area contributed by atoms with Crippen LogP contribution in [0, 0.1) is 22.7 Å². The van der Waals surface area contributed by atoms with Crippen molar-refractivity contribution in [1.29, 1.82) is 10.5 Å². The lowest BCUT2D eigenvalue weighted by Gasteiger charge is -2.04. The molecule has 0 saturated heterocycles. The number of nitrogens with one attached hydrogen (secondary N) is 1. The van der Waals surface area contributed by atoms with Crippen molar-refractivity contribution in [2.24, 2.45) is 5.10 Å². The highest BCUT2D eigenvalue weighted by Crippen LogP contribution is 2.29. The van der Waals surface area contributed by atoms with E-state index in [-0.39, 0.29) is 5.71 Å². The number of rotatable bonds is 3. The molecule has 0 aliphatic heterocycles. The quantitative estimate of drug-likeness (QED) is 0.588. The minimum Gasteiger partial charge on any atom is -0.436 e. The molecule has 1 heterocycles. The second kappa shape index (κ2) is 5.78. The summed E-state index contributed by atoms with van der Waals surface area (Å²) in [4.78, 5) is 4.43. The van der Waals surface area contributed by atoms with Crippen molar-refractivity contribution in [2.45, 2.75) is 0 Å². The van der Waals surface area contributed by atoms with Gasteiger partial charge in [-0.2, -0.15) is 15.6 Å². The second-order valence-corrected chi connectivity index (χ2v) is 4.33. The van der Waals surface area contributed by atoms with Crippen LogP contribution in [0.15, 0.2) is 58.0 Å². The molecule has 1 aromatic heterocycles. The van der Waals surface area contributed by atoms with Gasteiger partial charge in [0.2, 0.25) is 11.6 Å². The van der Waals surface area contributed by atoms with E-state index in [1.54, 1.807) is 18.2 Å². The van der Waals surface area contributed by atoms with Crippen molar-refractivity contribution >= 4 is 22.5 Å². The van der Waals surface area contributed by atoms with E-state index in [0.29, 0.717) is 22.7 Å². The molecule has 6 heteroatoms. The van der Waals surface area contributed by atoms with Gasteiger partial charge in [0.1, 0.15) is 17.7 Å². The summed E-state index contributed by atoms with van der Waals surface area (Å²) in [7, 11) is 0. The summed E-state index contributed by atoms with van der Waals surface area (Å²) in [6.45, 7) is 0. The number of anilines is 1. The maximum Gasteiger partial charge on any atom is 0.237 e. The number of para-hydroxylation sites is 3. The van der Waals surface area contributed by atoms with Crippen LogP contribution in [-0.2, 0) is 0 Å². The fourth-order valence-corrected chi connectivity index (χ4v) is 1.95. The van der Waals surface area contributed by atoms with Crippen molar-refractivity contribution in [3.63, 3.8) is 0 Å². The van der Waals surface area contributed by atoms with Crippen molar-refractivity contribution < 1.29 is 4.42 Å². The number of hydrogen-bond acceptors (Lipinski definition) is 6. The molecule has 0 atom stereocenters. The fraction of sp³-hybridized carbons (Fsp3) is 0. The van der Waals surface area contributed by atoms with Crippen LogP contribution in [0.25, 0.3) is 22.6 Å². The fourth-order valence-electron chi connectivity index (χ4n) is 1.95. The Morgan fingerprint density at radius 1 is 1.05 bits per heavy atom. The molecule has 104 valence electrons. The molecule has 3 rings (SSSR count). The predicted molar refractivity (Wildman–Crippen MR) is 81.7 cm³/mol. The second-order valence-electron chi connectivity index (χ2n) is 4.33. The maximum atomic E-state index is 8.71. The lowest BCUT2D eigenvalue weighted by Crippen LogP contribution is -1.97. The standard InChI is InChI=1S/C16H9N5O/c17-9-11(10-18)20-21-13-6-2-1-5-12(13)16-19-14-7-3-4-8-15(14)22-16/h1-8,21H. The molecule has 0 spiro atoms. The zero-order chi connectivity index (χ0) is 15.4. The van der Waals surface area contributed by atoms with Crippen molar-refractivity contribution in [3.8, 4) is 23.6 Å². The molecule has 2 aromatic carbocycles. The van der Waals surface area contributed by atoms with E-state index >= 15 is 0 Å². The van der Waals surface area contributed by atoms with Gasteiger partial charge in [0.15, 0.2) is 5.58 Å². The first-order valence-electron chi connectivity index (χ1n) is 6.40. The highest BCUT2D eigenvalue weighted by atomic mass is 16.3. The van der Waals surface area contributed by atoms with Gasteiger partial charge in [-0.15, -0.1) is 0 Å². The Hall–Kier alpha value is -3.64. The molecule has 22 heavy (non-hydrogen) atoms. The van der Waals surface area contributed by atoms with Gasteiger partial charge < -0.3 is 4.42 Å². The molecule has 0 aliphatic carbocycles. The largest absolute Gasteiger partial charge is 0.436 e. The van der Waals surface area contributed by atoms with Crippen molar-refractivity contribution in [2.75, 3.05) is 5.43 Å². The van der Waals surface area contributed by atoms with Crippen molar-refractivity contribution in [3.05, 3.63) is 48.5 Å². The van der Waals surface area contributed by atoms with Gasteiger partial charge in [-0.1, -0.05) is 24.3 Å². The summed E-state index contributed by atoms with van der Waals surface area (Å²) in [6.07, 6.45) is 0. The highest BCUT2D eigenvalue weighted by Gasteiger charge is 2.11. The van der Waals surface area contributed by atoms with Crippen molar-refractivity contribution in [1.82, 2.24) is 4.98 Å². The predicted octanol–water partition coefficient (Wildman–Crippen LogP) is 3.31. The zero-order valence-electron chi connectivity index (χ0n) is 11.3. The number of fused-ring (bicyclic) bond motifs is 1. The first kappa shape index (κ1) is 13.3. The van der Waals surface area contributed by atoms with Gasteiger partial charge in [0, 0.05) is 0 Å². The number of hydrogen-bond donors (Lipinski definition) is 1. The van der Waals surface area contributed by atoms with E-state index in [0.717, 1.165) is 5.52 Å². The topological polar surface area (TPSA) is 98.0 Å². The van der Waals surface area contributed by atoms with Gasteiger partial charge in [0.25, 0.3) is 0 Å². The summed E-state index contributed by atoms with van der Waals surface area (Å²) in [5.41, 5.74) is 5.17. The molecule has 6 nitrogen and oxygen atoms in total. The van der Waals surface area contributed by atoms with Gasteiger partial charge in [-0.05, 0) is 24.3 Å². The number of benzene rings is 2. The number of aromatic nitrogens is 1. The monoisotopic (exact) mass is 287 g/mol. The van der Waals surface area contributed by atoms with Crippen LogP contribution in [0.4, 0.5) is 5.69 Å². The molecule has 3 aromatic rings. The van der Waals surface area contributed by atoms with Crippen LogP contribution < -0.4 is 5.43 Å². The molecule has 0 fully saturated rings. The Morgan fingerprint density at radius 2 is 1.77 bits per heavy atom. The lowest BCUT2D eigenvalue weighted by atomic mass is 10.2. The average Bonchev–Trinajstić information content (AvgIpc) is 3.00. The van der Waals surface area contributed by atoms with E-state index in [2.05, 4.69) is 15.5 Å². The normalized spacial score (nSPS) is 9.73. The molecule has 1 N–H and O–H groups in total. The Balaban J connectivity index is 2.03. The van der Waals surface area contributed by atoms with Crippen LogP contribution in [0.3, 0.4) is 0 Å². The molecule has 0 saturated carbocycles. The average molecular weight is 287 g/mol. The van der Waals surface area contributed by atoms with Crippen LogP contribution in [0.2, 0.25) is 0 Å². The highest BCUT2D eigenvalue weighted by molar-refractivity contribution is 6.10. The van der Waals surface area contributed by atoms with E-state index in [9.17, 15) is 0 Å². The summed E-state index contributed by atoms with van der Waals surface area (Å²) in [5, 5.41) is 21.2. The smallest absolute Gasteiger partial charge is 0.237 e. The molecule has 0 radical (unpaired) electrons. The van der Waals surface area contributed by atoms with E-state index in [1.807, 2.05) is 42.5 Å².